The highest BCUT2D eigenvalue weighted by atomic mass is 32.3. The van der Waals surface area contributed by atoms with Gasteiger partial charge in [0.05, 0.1) is 7.11 Å². The topological polar surface area (TPSA) is 103 Å². The average molecular weight is 272 g/mol. The number of benzene rings is 1. The smallest absolute Gasteiger partial charge is 0.446 e. The van der Waals surface area contributed by atoms with Crippen molar-refractivity contribution in [2.45, 2.75) is 0 Å². The number of rotatable bonds is 3. The zero-order valence-electron chi connectivity index (χ0n) is 9.11. The highest BCUT2D eigenvalue weighted by Crippen LogP contribution is 2.32. The van der Waals surface area contributed by atoms with E-state index >= 15 is 0 Å². The Morgan fingerprint density at radius 2 is 1.94 bits per heavy atom. The van der Waals surface area contributed by atoms with Crippen LogP contribution in [0.3, 0.4) is 0 Å². The van der Waals surface area contributed by atoms with E-state index in [0.717, 1.165) is 0 Å². The van der Waals surface area contributed by atoms with Crippen LogP contribution in [0.5, 0.6) is 11.5 Å². The van der Waals surface area contributed by atoms with E-state index in [1.54, 1.807) is 0 Å². The maximum absolute atomic E-state index is 11.0. The lowest BCUT2D eigenvalue weighted by Gasteiger charge is -2.08. The summed E-state index contributed by atoms with van der Waals surface area (Å²) in [6.07, 6.45) is 0. The first kappa shape index (κ1) is 12.4. The van der Waals surface area contributed by atoms with Gasteiger partial charge in [0.15, 0.2) is 11.5 Å². The standard InChI is InChI=1S/C10H8O7S/c1-15-8-5-7-6(2-3-10(11)16-7)4-9(8)17-18(12,13)14/h2-5H,1H3,(H,12,13,14). The molecule has 18 heavy (non-hydrogen) atoms. The first-order chi connectivity index (χ1) is 8.39. The van der Waals surface area contributed by atoms with Gasteiger partial charge in [-0.05, 0) is 12.1 Å². The van der Waals surface area contributed by atoms with Gasteiger partial charge in [0, 0.05) is 17.5 Å². The lowest BCUT2D eigenvalue weighted by Crippen LogP contribution is -2.07. The van der Waals surface area contributed by atoms with Gasteiger partial charge in [-0.2, -0.15) is 8.42 Å². The van der Waals surface area contributed by atoms with Crippen LogP contribution in [-0.4, -0.2) is 20.1 Å². The van der Waals surface area contributed by atoms with Gasteiger partial charge >= 0.3 is 16.0 Å². The summed E-state index contributed by atoms with van der Waals surface area (Å²) in [6, 6.07) is 5.16. The molecule has 0 fully saturated rings. The largest absolute Gasteiger partial charge is 0.493 e. The van der Waals surface area contributed by atoms with Crippen molar-refractivity contribution in [3.8, 4) is 11.5 Å². The molecule has 7 nitrogen and oxygen atoms in total. The Hall–Kier alpha value is -2.06. The van der Waals surface area contributed by atoms with Crippen LogP contribution in [0.4, 0.5) is 0 Å². The maximum atomic E-state index is 11.0. The summed E-state index contributed by atoms with van der Waals surface area (Å²) in [5, 5.41) is 0.425. The third-order valence-corrected chi connectivity index (χ3v) is 2.49. The monoisotopic (exact) mass is 272 g/mol. The molecule has 1 aromatic heterocycles. The van der Waals surface area contributed by atoms with E-state index in [1.165, 1.54) is 31.4 Å². The van der Waals surface area contributed by atoms with Crippen molar-refractivity contribution in [2.75, 3.05) is 7.11 Å². The zero-order valence-corrected chi connectivity index (χ0v) is 9.93. The summed E-state index contributed by atoms with van der Waals surface area (Å²) in [5.41, 5.74) is -0.338. The Morgan fingerprint density at radius 3 is 2.56 bits per heavy atom. The van der Waals surface area contributed by atoms with Crippen molar-refractivity contribution in [2.24, 2.45) is 0 Å². The number of fused-ring (bicyclic) bond motifs is 1. The fraction of sp³-hybridized carbons (Fsp3) is 0.100. The van der Waals surface area contributed by atoms with E-state index in [1.807, 2.05) is 0 Å². The normalized spacial score (nSPS) is 11.4. The molecule has 0 atom stereocenters. The van der Waals surface area contributed by atoms with Crippen LogP contribution in [-0.2, 0) is 10.4 Å². The molecule has 1 aromatic carbocycles. The molecule has 2 aromatic rings. The summed E-state index contributed by atoms with van der Waals surface area (Å²) in [5.74, 6) is -0.198. The fourth-order valence-corrected chi connectivity index (χ4v) is 1.77. The molecular weight excluding hydrogens is 264 g/mol. The molecule has 0 amide bonds. The quantitative estimate of drug-likeness (QED) is 0.656. The molecule has 1 heterocycles. The minimum atomic E-state index is -4.66. The predicted molar refractivity (Wildman–Crippen MR) is 61.2 cm³/mol. The third kappa shape index (κ3) is 2.60. The van der Waals surface area contributed by atoms with Crippen LogP contribution in [0.25, 0.3) is 11.0 Å². The highest BCUT2D eigenvalue weighted by molar-refractivity contribution is 7.81. The number of hydrogen-bond acceptors (Lipinski definition) is 6. The van der Waals surface area contributed by atoms with Crippen molar-refractivity contribution < 1.29 is 26.3 Å². The second kappa shape index (κ2) is 4.31. The Balaban J connectivity index is 2.66. The average Bonchev–Trinajstić information content (AvgIpc) is 2.26. The molecule has 96 valence electrons. The van der Waals surface area contributed by atoms with Gasteiger partial charge in [-0.25, -0.2) is 4.79 Å². The maximum Gasteiger partial charge on any atom is 0.446 e. The summed E-state index contributed by atoms with van der Waals surface area (Å²) in [6.45, 7) is 0. The van der Waals surface area contributed by atoms with Crippen LogP contribution in [0.2, 0.25) is 0 Å². The van der Waals surface area contributed by atoms with Crippen LogP contribution >= 0.6 is 0 Å². The predicted octanol–water partition coefficient (Wildman–Crippen LogP) is 0.983. The zero-order chi connectivity index (χ0) is 13.3. The summed E-state index contributed by atoms with van der Waals surface area (Å²) < 4.78 is 44.1. The number of ether oxygens (including phenoxy) is 1. The molecule has 8 heteroatoms. The number of hydrogen-bond donors (Lipinski definition) is 1. The van der Waals surface area contributed by atoms with Crippen molar-refractivity contribution in [3.05, 3.63) is 34.7 Å². The minimum Gasteiger partial charge on any atom is -0.493 e. The van der Waals surface area contributed by atoms with Gasteiger partial charge in [0.2, 0.25) is 0 Å². The Labute approximate surface area is 102 Å². The molecule has 0 aliphatic carbocycles. The first-order valence-corrected chi connectivity index (χ1v) is 6.04. The lowest BCUT2D eigenvalue weighted by molar-refractivity contribution is 0.360. The highest BCUT2D eigenvalue weighted by Gasteiger charge is 2.14. The van der Waals surface area contributed by atoms with Crippen LogP contribution < -0.4 is 14.5 Å². The van der Waals surface area contributed by atoms with Crippen LogP contribution in [0.15, 0.2) is 33.5 Å². The van der Waals surface area contributed by atoms with Crippen LogP contribution in [0.1, 0.15) is 0 Å². The molecule has 0 spiro atoms. The molecule has 1 N–H and O–H groups in total. The van der Waals surface area contributed by atoms with Gasteiger partial charge in [-0.15, -0.1) is 0 Å². The molecule has 0 saturated carbocycles. The Morgan fingerprint density at radius 1 is 1.22 bits per heavy atom. The van der Waals surface area contributed by atoms with Crippen molar-refractivity contribution >= 4 is 21.4 Å². The van der Waals surface area contributed by atoms with E-state index in [4.69, 9.17) is 13.7 Å². The molecule has 0 unspecified atom stereocenters. The second-order valence-electron chi connectivity index (χ2n) is 3.31. The fourth-order valence-electron chi connectivity index (χ4n) is 1.41. The van der Waals surface area contributed by atoms with Crippen molar-refractivity contribution in [3.63, 3.8) is 0 Å². The van der Waals surface area contributed by atoms with Crippen molar-refractivity contribution in [1.82, 2.24) is 0 Å². The van der Waals surface area contributed by atoms with Crippen LogP contribution in [0, 0.1) is 0 Å². The van der Waals surface area contributed by atoms with E-state index in [9.17, 15) is 13.2 Å². The van der Waals surface area contributed by atoms with Gasteiger partial charge in [0.25, 0.3) is 0 Å². The van der Waals surface area contributed by atoms with Crippen molar-refractivity contribution in [1.29, 1.82) is 0 Å². The van der Waals surface area contributed by atoms with E-state index in [2.05, 4.69) is 4.18 Å². The van der Waals surface area contributed by atoms with Gasteiger partial charge < -0.3 is 13.3 Å². The second-order valence-corrected chi connectivity index (χ2v) is 4.33. The van der Waals surface area contributed by atoms with E-state index in [-0.39, 0.29) is 17.1 Å². The number of methoxy groups -OCH3 is 1. The van der Waals surface area contributed by atoms with E-state index < -0.39 is 16.0 Å². The SMILES string of the molecule is COc1cc2oc(=O)ccc2cc1OS(=O)(=O)O. The molecule has 0 saturated heterocycles. The Kier molecular flexibility index (Phi) is 2.97. The molecule has 0 radical (unpaired) electrons. The first-order valence-electron chi connectivity index (χ1n) is 4.68. The molecule has 0 aliphatic rings. The van der Waals surface area contributed by atoms with Gasteiger partial charge in [-0.1, -0.05) is 0 Å². The lowest BCUT2D eigenvalue weighted by atomic mass is 10.2. The van der Waals surface area contributed by atoms with Gasteiger partial charge in [0.1, 0.15) is 5.58 Å². The van der Waals surface area contributed by atoms with E-state index in [0.29, 0.717) is 5.39 Å². The molecule has 0 aliphatic heterocycles. The summed E-state index contributed by atoms with van der Waals surface area (Å²) in [7, 11) is -3.38. The summed E-state index contributed by atoms with van der Waals surface area (Å²) in [4.78, 5) is 11.0. The summed E-state index contributed by atoms with van der Waals surface area (Å²) >= 11 is 0. The third-order valence-electron chi connectivity index (χ3n) is 2.10. The Bertz CT molecular complexity index is 744. The molecule has 0 bridgehead atoms. The minimum absolute atomic E-state index is 0.00877. The molecular formula is C10H8O7S. The molecule has 2 rings (SSSR count). The van der Waals surface area contributed by atoms with Gasteiger partial charge in [-0.3, -0.25) is 4.55 Å².